The van der Waals surface area contributed by atoms with Crippen LogP contribution in [0.3, 0.4) is 0 Å². The van der Waals surface area contributed by atoms with Crippen molar-refractivity contribution in [3.8, 4) is 0 Å². The van der Waals surface area contributed by atoms with E-state index in [9.17, 15) is 14.7 Å². The SMILES string of the molecule is COC(=O)[C@@H]1C[C@@H](O)CN1Cc1cc(=O)oc2cc(C)c(C)cc12. The highest BCUT2D eigenvalue weighted by atomic mass is 16.5. The molecule has 0 radical (unpaired) electrons. The largest absolute Gasteiger partial charge is 0.468 e. The highest BCUT2D eigenvalue weighted by Crippen LogP contribution is 2.26. The summed E-state index contributed by atoms with van der Waals surface area (Å²) in [6.07, 6.45) is -0.242. The Morgan fingerprint density at radius 2 is 2.04 bits per heavy atom. The third-order valence-corrected chi connectivity index (χ3v) is 4.67. The standard InChI is InChI=1S/C18H21NO5/c1-10-4-14-12(6-17(21)24-16(14)5-11(10)2)8-19-9-13(20)7-15(19)18(22)23-3/h4-6,13,15,20H,7-9H2,1-3H3/t13-,15+/m1/s1. The summed E-state index contributed by atoms with van der Waals surface area (Å²) in [5, 5.41) is 10.8. The Morgan fingerprint density at radius 3 is 2.75 bits per heavy atom. The number of hydrogen-bond donors (Lipinski definition) is 1. The lowest BCUT2D eigenvalue weighted by Crippen LogP contribution is -2.36. The lowest BCUT2D eigenvalue weighted by molar-refractivity contribution is -0.146. The number of hydrogen-bond acceptors (Lipinski definition) is 6. The molecule has 1 fully saturated rings. The number of fused-ring (bicyclic) bond motifs is 1. The van der Waals surface area contributed by atoms with Crippen molar-refractivity contribution in [3.05, 3.63) is 45.3 Å². The quantitative estimate of drug-likeness (QED) is 0.678. The summed E-state index contributed by atoms with van der Waals surface area (Å²) >= 11 is 0. The molecular weight excluding hydrogens is 310 g/mol. The third kappa shape index (κ3) is 3.07. The maximum atomic E-state index is 11.9. The first-order chi connectivity index (χ1) is 11.4. The molecule has 1 aromatic heterocycles. The van der Waals surface area contributed by atoms with Crippen LogP contribution in [-0.4, -0.2) is 41.8 Å². The number of carbonyl (C=O) groups excluding carboxylic acids is 1. The molecule has 0 spiro atoms. The molecule has 1 saturated heterocycles. The van der Waals surface area contributed by atoms with Crippen molar-refractivity contribution >= 4 is 16.9 Å². The predicted molar refractivity (Wildman–Crippen MR) is 88.8 cm³/mol. The van der Waals surface area contributed by atoms with Gasteiger partial charge < -0.3 is 14.3 Å². The van der Waals surface area contributed by atoms with E-state index in [-0.39, 0.29) is 5.97 Å². The van der Waals surface area contributed by atoms with Crippen LogP contribution in [0, 0.1) is 13.8 Å². The molecule has 0 saturated carbocycles. The number of rotatable bonds is 3. The fourth-order valence-corrected chi connectivity index (χ4v) is 3.27. The van der Waals surface area contributed by atoms with Crippen molar-refractivity contribution in [2.75, 3.05) is 13.7 Å². The van der Waals surface area contributed by atoms with Crippen LogP contribution >= 0.6 is 0 Å². The number of β-amino-alcohol motifs (C(OH)–C–C–N with tert-alkyl or cyclic N) is 1. The van der Waals surface area contributed by atoms with Crippen LogP contribution in [0.4, 0.5) is 0 Å². The van der Waals surface area contributed by atoms with Gasteiger partial charge in [-0.1, -0.05) is 0 Å². The van der Waals surface area contributed by atoms with Gasteiger partial charge in [-0.05, 0) is 42.7 Å². The Morgan fingerprint density at radius 1 is 1.33 bits per heavy atom. The van der Waals surface area contributed by atoms with Gasteiger partial charge in [0.2, 0.25) is 0 Å². The van der Waals surface area contributed by atoms with E-state index < -0.39 is 17.8 Å². The summed E-state index contributed by atoms with van der Waals surface area (Å²) in [4.78, 5) is 25.7. The van der Waals surface area contributed by atoms with E-state index in [0.29, 0.717) is 25.1 Å². The number of carbonyl (C=O) groups is 1. The van der Waals surface area contributed by atoms with E-state index in [1.165, 1.54) is 13.2 Å². The van der Waals surface area contributed by atoms with Crippen LogP contribution in [0.1, 0.15) is 23.1 Å². The molecule has 0 bridgehead atoms. The molecular formula is C18H21NO5. The average Bonchev–Trinajstić information content (AvgIpc) is 2.89. The van der Waals surface area contributed by atoms with E-state index in [4.69, 9.17) is 9.15 Å². The summed E-state index contributed by atoms with van der Waals surface area (Å²) in [5.41, 5.74) is 3.05. The molecule has 1 aromatic carbocycles. The number of aliphatic hydroxyl groups excluding tert-OH is 1. The number of benzene rings is 1. The summed E-state index contributed by atoms with van der Waals surface area (Å²) in [7, 11) is 1.34. The summed E-state index contributed by atoms with van der Waals surface area (Å²) < 4.78 is 10.1. The van der Waals surface area contributed by atoms with Gasteiger partial charge in [0, 0.05) is 31.0 Å². The van der Waals surface area contributed by atoms with Crippen molar-refractivity contribution in [3.63, 3.8) is 0 Å². The molecule has 6 heteroatoms. The minimum Gasteiger partial charge on any atom is -0.468 e. The summed E-state index contributed by atoms with van der Waals surface area (Å²) in [6, 6.07) is 4.80. The molecule has 6 nitrogen and oxygen atoms in total. The zero-order chi connectivity index (χ0) is 17.4. The van der Waals surface area contributed by atoms with Gasteiger partial charge in [-0.3, -0.25) is 9.69 Å². The lowest BCUT2D eigenvalue weighted by Gasteiger charge is -2.22. The van der Waals surface area contributed by atoms with E-state index in [1.54, 1.807) is 0 Å². The van der Waals surface area contributed by atoms with Gasteiger partial charge in [-0.15, -0.1) is 0 Å². The van der Waals surface area contributed by atoms with Crippen LogP contribution in [0.5, 0.6) is 0 Å². The van der Waals surface area contributed by atoms with Gasteiger partial charge in [0.25, 0.3) is 0 Å². The molecule has 0 unspecified atom stereocenters. The number of methoxy groups -OCH3 is 1. The molecule has 24 heavy (non-hydrogen) atoms. The molecule has 2 atom stereocenters. The van der Waals surface area contributed by atoms with Gasteiger partial charge >= 0.3 is 11.6 Å². The van der Waals surface area contributed by atoms with Gasteiger partial charge in [-0.25, -0.2) is 4.79 Å². The van der Waals surface area contributed by atoms with Gasteiger partial charge in [0.1, 0.15) is 11.6 Å². The zero-order valence-electron chi connectivity index (χ0n) is 14.0. The normalized spacial score (nSPS) is 21.3. The van der Waals surface area contributed by atoms with E-state index in [0.717, 1.165) is 22.1 Å². The van der Waals surface area contributed by atoms with Crippen molar-refractivity contribution < 1.29 is 19.1 Å². The minimum absolute atomic E-state index is 0.337. The number of esters is 1. The molecule has 1 aliphatic rings. The van der Waals surface area contributed by atoms with Gasteiger partial charge in [-0.2, -0.15) is 0 Å². The Labute approximate surface area is 139 Å². The number of ether oxygens (including phenoxy) is 1. The first kappa shape index (κ1) is 16.7. The molecule has 3 rings (SSSR count). The second-order valence-corrected chi connectivity index (χ2v) is 6.38. The number of likely N-dealkylation sites (tertiary alicyclic amines) is 1. The second-order valence-electron chi connectivity index (χ2n) is 6.38. The van der Waals surface area contributed by atoms with E-state index in [1.807, 2.05) is 30.9 Å². The predicted octanol–water partition coefficient (Wildman–Crippen LogP) is 1.52. The highest BCUT2D eigenvalue weighted by Gasteiger charge is 2.36. The van der Waals surface area contributed by atoms with Crippen LogP contribution in [0.15, 0.2) is 27.4 Å². The van der Waals surface area contributed by atoms with Crippen molar-refractivity contribution in [1.82, 2.24) is 4.90 Å². The fourth-order valence-electron chi connectivity index (χ4n) is 3.27. The Kier molecular flexibility index (Phi) is 4.43. The molecule has 2 aromatic rings. The lowest BCUT2D eigenvalue weighted by atomic mass is 10.0. The average molecular weight is 331 g/mol. The van der Waals surface area contributed by atoms with Crippen LogP contribution in [0.2, 0.25) is 0 Å². The second kappa shape index (κ2) is 6.37. The molecule has 128 valence electrons. The molecule has 1 N–H and O–H groups in total. The number of aliphatic hydroxyl groups is 1. The van der Waals surface area contributed by atoms with Crippen LogP contribution in [0.25, 0.3) is 11.0 Å². The zero-order valence-corrected chi connectivity index (χ0v) is 14.0. The molecule has 0 amide bonds. The van der Waals surface area contributed by atoms with Crippen LogP contribution in [-0.2, 0) is 16.1 Å². The smallest absolute Gasteiger partial charge is 0.336 e. The molecule has 2 heterocycles. The maximum Gasteiger partial charge on any atom is 0.336 e. The Hall–Kier alpha value is -2.18. The molecule has 1 aliphatic heterocycles. The number of nitrogens with zero attached hydrogens (tertiary/aromatic N) is 1. The topological polar surface area (TPSA) is 80.0 Å². The maximum absolute atomic E-state index is 11.9. The van der Waals surface area contributed by atoms with Crippen molar-refractivity contribution in [2.24, 2.45) is 0 Å². The fraction of sp³-hybridized carbons (Fsp3) is 0.444. The Balaban J connectivity index is 2.01. The van der Waals surface area contributed by atoms with Crippen LogP contribution < -0.4 is 5.63 Å². The highest BCUT2D eigenvalue weighted by molar-refractivity contribution is 5.82. The molecule has 0 aliphatic carbocycles. The summed E-state index contributed by atoms with van der Waals surface area (Å²) in [5.74, 6) is -0.370. The number of aryl methyl sites for hydroxylation is 2. The van der Waals surface area contributed by atoms with E-state index >= 15 is 0 Å². The van der Waals surface area contributed by atoms with E-state index in [2.05, 4.69) is 0 Å². The van der Waals surface area contributed by atoms with Crippen molar-refractivity contribution in [1.29, 1.82) is 0 Å². The minimum atomic E-state index is -0.579. The third-order valence-electron chi connectivity index (χ3n) is 4.67. The first-order valence-electron chi connectivity index (χ1n) is 7.93. The summed E-state index contributed by atoms with van der Waals surface area (Å²) in [6.45, 7) is 4.71. The van der Waals surface area contributed by atoms with Gasteiger partial charge in [0.15, 0.2) is 0 Å². The van der Waals surface area contributed by atoms with Crippen molar-refractivity contribution in [2.45, 2.75) is 39.0 Å². The monoisotopic (exact) mass is 331 g/mol. The Bertz CT molecular complexity index is 841. The first-order valence-corrected chi connectivity index (χ1v) is 7.93. The van der Waals surface area contributed by atoms with Gasteiger partial charge in [0.05, 0.1) is 13.2 Å².